The van der Waals surface area contributed by atoms with Crippen LogP contribution in [0.4, 0.5) is 0 Å². The lowest BCUT2D eigenvalue weighted by Crippen LogP contribution is -2.24. The largest absolute Gasteiger partial charge is 0.0616 e. The Kier molecular flexibility index (Phi) is 3.16. The minimum absolute atomic E-state index is 0.0771. The van der Waals surface area contributed by atoms with Gasteiger partial charge in [-0.05, 0) is 71.4 Å². The second-order valence-electron chi connectivity index (χ2n) is 9.37. The summed E-state index contributed by atoms with van der Waals surface area (Å²) in [5.41, 5.74) is 5.55. The highest BCUT2D eigenvalue weighted by Gasteiger charge is 2.35. The zero-order valence-electron chi connectivity index (χ0n) is 17.7. The molecule has 1 aliphatic carbocycles. The van der Waals surface area contributed by atoms with Crippen LogP contribution in [0.2, 0.25) is 0 Å². The van der Waals surface area contributed by atoms with Crippen LogP contribution in [0.5, 0.6) is 0 Å². The van der Waals surface area contributed by atoms with Gasteiger partial charge in [0, 0.05) is 5.41 Å². The van der Waals surface area contributed by atoms with Crippen molar-refractivity contribution in [1.29, 1.82) is 0 Å². The zero-order chi connectivity index (χ0) is 20.7. The Morgan fingerprint density at radius 3 is 2.00 bits per heavy atom. The summed E-state index contributed by atoms with van der Waals surface area (Å²) in [7, 11) is 0. The molecule has 0 aliphatic heterocycles. The van der Waals surface area contributed by atoms with Gasteiger partial charge in [0.1, 0.15) is 0 Å². The molecule has 0 spiro atoms. The van der Waals surface area contributed by atoms with Gasteiger partial charge in [-0.2, -0.15) is 0 Å². The molecule has 0 heteroatoms. The number of rotatable bonds is 0. The van der Waals surface area contributed by atoms with Gasteiger partial charge in [0.25, 0.3) is 0 Å². The van der Waals surface area contributed by atoms with E-state index < -0.39 is 0 Å². The molecule has 0 aromatic heterocycles. The average Bonchev–Trinajstić information content (AvgIpc) is 2.81. The van der Waals surface area contributed by atoms with Gasteiger partial charge < -0.3 is 0 Å². The molecule has 0 saturated carbocycles. The van der Waals surface area contributed by atoms with Gasteiger partial charge in [-0.15, -0.1) is 0 Å². The Morgan fingerprint density at radius 1 is 0.484 bits per heavy atom. The molecule has 0 nitrogen and oxygen atoms in total. The number of hydrogen-bond acceptors (Lipinski definition) is 0. The second kappa shape index (κ2) is 5.74. The highest BCUT2D eigenvalue weighted by Crippen LogP contribution is 2.52. The monoisotopic (exact) mass is 394 g/mol. The summed E-state index contributed by atoms with van der Waals surface area (Å²) in [5.74, 6) is 0. The fourth-order valence-corrected chi connectivity index (χ4v) is 6.02. The molecule has 0 radical (unpaired) electrons. The highest BCUT2D eigenvalue weighted by atomic mass is 14.4. The van der Waals surface area contributed by atoms with Crippen LogP contribution in [0.15, 0.2) is 97.1 Å². The Balaban J connectivity index is 1.72. The second-order valence-corrected chi connectivity index (χ2v) is 9.37. The van der Waals surface area contributed by atoms with Gasteiger partial charge in [-0.25, -0.2) is 0 Å². The van der Waals surface area contributed by atoms with E-state index in [4.69, 9.17) is 0 Å². The van der Waals surface area contributed by atoms with Crippen molar-refractivity contribution in [3.8, 4) is 11.1 Å². The summed E-state index contributed by atoms with van der Waals surface area (Å²) in [4.78, 5) is 0. The fourth-order valence-electron chi connectivity index (χ4n) is 6.02. The smallest absolute Gasteiger partial charge is 0.0165 e. The molecule has 0 atom stereocenters. The molecule has 6 aromatic rings. The quantitative estimate of drug-likeness (QED) is 0.226. The minimum Gasteiger partial charge on any atom is -0.0616 e. The zero-order valence-corrected chi connectivity index (χ0v) is 17.7. The Hall–Kier alpha value is -3.64. The summed E-state index contributed by atoms with van der Waals surface area (Å²) < 4.78 is 0. The van der Waals surface area contributed by atoms with Crippen LogP contribution in [0.3, 0.4) is 0 Å². The molecule has 1 aliphatic rings. The van der Waals surface area contributed by atoms with Crippen molar-refractivity contribution in [2.24, 2.45) is 0 Å². The first-order chi connectivity index (χ1) is 15.1. The maximum absolute atomic E-state index is 2.40. The normalized spacial score (nSPS) is 14.4. The van der Waals surface area contributed by atoms with Crippen LogP contribution in [0.25, 0.3) is 54.2 Å². The summed E-state index contributed by atoms with van der Waals surface area (Å²) in [5, 5.41) is 10.8. The SMILES string of the molecule is CC1(C)c2c(ccc3c2ccc2ccccc23)-c2cc3ccccc3c3cccc1c23. The third-order valence-corrected chi connectivity index (χ3v) is 7.40. The van der Waals surface area contributed by atoms with Crippen molar-refractivity contribution < 1.29 is 0 Å². The van der Waals surface area contributed by atoms with Crippen molar-refractivity contribution in [2.75, 3.05) is 0 Å². The molecular weight excluding hydrogens is 372 g/mol. The molecule has 0 amide bonds. The van der Waals surface area contributed by atoms with Crippen molar-refractivity contribution in [3.63, 3.8) is 0 Å². The molecule has 0 unspecified atom stereocenters. The van der Waals surface area contributed by atoms with Crippen LogP contribution in [0, 0.1) is 0 Å². The molecule has 0 bridgehead atoms. The van der Waals surface area contributed by atoms with Gasteiger partial charge in [0.2, 0.25) is 0 Å². The molecule has 0 N–H and O–H groups in total. The van der Waals surface area contributed by atoms with E-state index in [-0.39, 0.29) is 5.41 Å². The van der Waals surface area contributed by atoms with Gasteiger partial charge in [0.05, 0.1) is 0 Å². The summed E-state index contributed by atoms with van der Waals surface area (Å²) in [6.07, 6.45) is 0. The minimum atomic E-state index is -0.0771. The third-order valence-electron chi connectivity index (χ3n) is 7.40. The Bertz CT molecular complexity index is 1700. The standard InChI is InChI=1S/C31H22/c1-31(2)28-13-7-12-24-22-11-6-4-9-20(22)18-27(29(24)28)26-17-16-23-21-10-5-3-8-19(21)14-15-25(23)30(26)31/h3-18H,1-2H3. The van der Waals surface area contributed by atoms with Crippen LogP contribution in [0.1, 0.15) is 25.0 Å². The first-order valence-electron chi connectivity index (χ1n) is 11.0. The average molecular weight is 395 g/mol. The van der Waals surface area contributed by atoms with Gasteiger partial charge in [-0.3, -0.25) is 0 Å². The molecule has 31 heavy (non-hydrogen) atoms. The molecular formula is C31H22. The van der Waals surface area contributed by atoms with Gasteiger partial charge in [-0.1, -0.05) is 105 Å². The van der Waals surface area contributed by atoms with E-state index in [0.29, 0.717) is 0 Å². The third kappa shape index (κ3) is 2.10. The van der Waals surface area contributed by atoms with E-state index in [1.807, 2.05) is 0 Å². The van der Waals surface area contributed by atoms with Gasteiger partial charge in [0.15, 0.2) is 0 Å². The van der Waals surface area contributed by atoms with Crippen molar-refractivity contribution in [3.05, 3.63) is 108 Å². The molecule has 0 saturated heterocycles. The predicted octanol–water partition coefficient (Wildman–Crippen LogP) is 8.61. The first-order valence-corrected chi connectivity index (χ1v) is 11.0. The van der Waals surface area contributed by atoms with E-state index in [9.17, 15) is 0 Å². The van der Waals surface area contributed by atoms with Crippen molar-refractivity contribution >= 4 is 43.1 Å². The molecule has 6 aromatic carbocycles. The summed E-state index contributed by atoms with van der Waals surface area (Å²) in [6.45, 7) is 4.79. The Labute approximate surface area is 181 Å². The lowest BCUT2D eigenvalue weighted by Gasteiger charge is -2.36. The van der Waals surface area contributed by atoms with Crippen LogP contribution >= 0.6 is 0 Å². The van der Waals surface area contributed by atoms with Crippen LogP contribution in [-0.4, -0.2) is 0 Å². The Morgan fingerprint density at radius 2 is 1.16 bits per heavy atom. The maximum atomic E-state index is 2.40. The van der Waals surface area contributed by atoms with E-state index >= 15 is 0 Å². The molecule has 0 heterocycles. The van der Waals surface area contributed by atoms with E-state index in [0.717, 1.165) is 0 Å². The lowest BCUT2D eigenvalue weighted by atomic mass is 9.66. The number of benzene rings is 6. The molecule has 146 valence electrons. The topological polar surface area (TPSA) is 0 Å². The van der Waals surface area contributed by atoms with Crippen molar-refractivity contribution in [1.82, 2.24) is 0 Å². The highest BCUT2D eigenvalue weighted by molar-refractivity contribution is 6.19. The van der Waals surface area contributed by atoms with Crippen LogP contribution in [-0.2, 0) is 5.41 Å². The molecule has 7 rings (SSSR count). The van der Waals surface area contributed by atoms with Crippen LogP contribution < -0.4 is 0 Å². The summed E-state index contributed by atoms with van der Waals surface area (Å²) in [6, 6.07) is 36.1. The number of fused-ring (bicyclic) bond motifs is 8. The maximum Gasteiger partial charge on any atom is 0.0165 e. The number of hydrogen-bond donors (Lipinski definition) is 0. The predicted molar refractivity (Wildman–Crippen MR) is 134 cm³/mol. The molecule has 0 fully saturated rings. The first kappa shape index (κ1) is 17.1. The lowest BCUT2D eigenvalue weighted by molar-refractivity contribution is 0.651. The fraction of sp³-hybridized carbons (Fsp3) is 0.0968. The van der Waals surface area contributed by atoms with Gasteiger partial charge >= 0.3 is 0 Å². The van der Waals surface area contributed by atoms with E-state index in [1.54, 1.807) is 0 Å². The summed E-state index contributed by atoms with van der Waals surface area (Å²) >= 11 is 0. The van der Waals surface area contributed by atoms with E-state index in [2.05, 4.69) is 111 Å². The van der Waals surface area contributed by atoms with Crippen molar-refractivity contribution in [2.45, 2.75) is 19.3 Å². The van der Waals surface area contributed by atoms with E-state index in [1.165, 1.54) is 65.3 Å².